The second kappa shape index (κ2) is 7.19. The number of carbonyl (C=O) groups is 4. The normalized spacial score (nSPS) is 23.1. The van der Waals surface area contributed by atoms with Gasteiger partial charge in [-0.1, -0.05) is 0 Å². The topological polar surface area (TPSA) is 115 Å². The number of hydrogen-bond donors (Lipinski definition) is 0. The molecule has 0 aliphatic carbocycles. The number of fused-ring (bicyclic) bond motifs is 1. The van der Waals surface area contributed by atoms with Gasteiger partial charge in [0.15, 0.2) is 11.3 Å². The molecule has 29 heavy (non-hydrogen) atoms. The van der Waals surface area contributed by atoms with Crippen LogP contribution in [-0.4, -0.2) is 60.8 Å². The largest absolute Gasteiger partial charge is 0.497 e. The predicted molar refractivity (Wildman–Crippen MR) is 101 cm³/mol. The van der Waals surface area contributed by atoms with Crippen molar-refractivity contribution in [1.82, 2.24) is 5.01 Å². The van der Waals surface area contributed by atoms with Crippen LogP contribution in [-0.2, 0) is 23.9 Å². The van der Waals surface area contributed by atoms with E-state index in [0.29, 0.717) is 5.75 Å². The van der Waals surface area contributed by atoms with Crippen molar-refractivity contribution in [1.29, 1.82) is 0 Å². The number of nitrogens with zero attached hydrogens (tertiary/aromatic N) is 3. The zero-order valence-electron chi connectivity index (χ0n) is 16.7. The number of hydrogen-bond acceptors (Lipinski definition) is 8. The van der Waals surface area contributed by atoms with Crippen LogP contribution in [0.2, 0.25) is 0 Å². The number of esters is 1. The molecule has 0 radical (unpaired) electrons. The second-order valence-corrected chi connectivity index (χ2v) is 6.63. The van der Waals surface area contributed by atoms with Crippen LogP contribution in [0.4, 0.5) is 5.69 Å². The Kier molecular flexibility index (Phi) is 5.04. The molecular weight excluding hydrogens is 382 g/mol. The van der Waals surface area contributed by atoms with Crippen molar-refractivity contribution in [3.63, 3.8) is 0 Å². The summed E-state index contributed by atoms with van der Waals surface area (Å²) in [6.45, 7) is 4.27. The van der Waals surface area contributed by atoms with Crippen molar-refractivity contribution in [3.05, 3.63) is 18.2 Å². The molecule has 1 aromatic carbocycles. The maximum absolute atomic E-state index is 13.4. The van der Waals surface area contributed by atoms with Gasteiger partial charge in [-0.15, -0.1) is 0 Å². The minimum Gasteiger partial charge on any atom is -0.497 e. The molecule has 10 heteroatoms. The molecule has 2 aliphatic rings. The van der Waals surface area contributed by atoms with Crippen molar-refractivity contribution in [2.45, 2.75) is 26.3 Å². The Bertz CT molecular complexity index is 942. The van der Waals surface area contributed by atoms with Gasteiger partial charge in [0.25, 0.3) is 5.91 Å². The Labute approximate surface area is 167 Å². The molecule has 0 saturated carbocycles. The van der Waals surface area contributed by atoms with Crippen molar-refractivity contribution in [2.75, 3.05) is 25.7 Å². The summed E-state index contributed by atoms with van der Waals surface area (Å²) < 4.78 is 15.4. The highest BCUT2D eigenvalue weighted by molar-refractivity contribution is 6.47. The van der Waals surface area contributed by atoms with Crippen LogP contribution in [0.25, 0.3) is 0 Å². The van der Waals surface area contributed by atoms with Gasteiger partial charge in [0.2, 0.25) is 11.8 Å². The minimum atomic E-state index is -1.68. The van der Waals surface area contributed by atoms with Crippen molar-refractivity contribution in [2.24, 2.45) is 11.0 Å². The maximum Gasteiger partial charge on any atom is 0.355 e. The molecular formula is C19H21N3O7. The molecule has 0 spiro atoms. The number of rotatable bonds is 5. The molecule has 3 amide bonds. The summed E-state index contributed by atoms with van der Waals surface area (Å²) in [5, 5.41) is 4.84. The van der Waals surface area contributed by atoms with Crippen LogP contribution in [0.1, 0.15) is 20.8 Å². The van der Waals surface area contributed by atoms with Gasteiger partial charge >= 0.3 is 5.97 Å². The minimum absolute atomic E-state index is 0.0551. The van der Waals surface area contributed by atoms with Gasteiger partial charge in [0.05, 0.1) is 26.5 Å². The number of benzene rings is 1. The summed E-state index contributed by atoms with van der Waals surface area (Å²) >= 11 is 0. The van der Waals surface area contributed by atoms with Crippen molar-refractivity contribution in [3.8, 4) is 11.5 Å². The van der Waals surface area contributed by atoms with Crippen LogP contribution >= 0.6 is 0 Å². The van der Waals surface area contributed by atoms with E-state index in [1.165, 1.54) is 40.2 Å². The van der Waals surface area contributed by atoms with Gasteiger partial charge in [0, 0.05) is 13.0 Å². The smallest absolute Gasteiger partial charge is 0.355 e. The summed E-state index contributed by atoms with van der Waals surface area (Å²) in [7, 11) is 2.86. The van der Waals surface area contributed by atoms with E-state index in [2.05, 4.69) is 5.10 Å². The third-order valence-electron chi connectivity index (χ3n) is 5.00. The first-order valence-electron chi connectivity index (χ1n) is 8.89. The summed E-state index contributed by atoms with van der Waals surface area (Å²) in [4.78, 5) is 52.1. The molecule has 0 bridgehead atoms. The molecule has 1 aromatic rings. The number of anilines is 1. The number of hydrazone groups is 1. The van der Waals surface area contributed by atoms with Crippen LogP contribution < -0.4 is 14.4 Å². The zero-order valence-corrected chi connectivity index (χ0v) is 16.7. The summed E-state index contributed by atoms with van der Waals surface area (Å²) in [6.07, 6.45) is 0. The number of amides is 3. The Hall–Kier alpha value is -3.43. The lowest BCUT2D eigenvalue weighted by atomic mass is 9.85. The first-order chi connectivity index (χ1) is 13.7. The van der Waals surface area contributed by atoms with Crippen LogP contribution in [0.5, 0.6) is 11.5 Å². The first-order valence-corrected chi connectivity index (χ1v) is 8.89. The van der Waals surface area contributed by atoms with E-state index in [1.54, 1.807) is 13.0 Å². The molecule has 3 rings (SSSR count). The lowest BCUT2D eigenvalue weighted by molar-refractivity contribution is -0.142. The standard InChI is InChI=1S/C19H21N3O7/c1-6-29-17(25)15-14-16(24)21(12-8-7-11(27-4)9-13(12)28-5)18(26)19(14,3)22(20-15)10(2)23/h7-9,14H,6H2,1-5H3. The van der Waals surface area contributed by atoms with E-state index in [0.717, 1.165) is 9.91 Å². The lowest BCUT2D eigenvalue weighted by Gasteiger charge is -2.29. The van der Waals surface area contributed by atoms with Crippen molar-refractivity contribution >= 4 is 35.1 Å². The molecule has 2 aliphatic heterocycles. The quantitative estimate of drug-likeness (QED) is 0.526. The maximum atomic E-state index is 13.4. The second-order valence-electron chi connectivity index (χ2n) is 6.63. The molecule has 2 heterocycles. The predicted octanol–water partition coefficient (Wildman–Crippen LogP) is 0.733. The van der Waals surface area contributed by atoms with E-state index >= 15 is 0 Å². The van der Waals surface area contributed by atoms with Gasteiger partial charge in [0.1, 0.15) is 17.4 Å². The Balaban J connectivity index is 2.14. The first kappa shape index (κ1) is 20.3. The van der Waals surface area contributed by atoms with Gasteiger partial charge in [-0.25, -0.2) is 14.7 Å². The van der Waals surface area contributed by atoms with E-state index in [4.69, 9.17) is 14.2 Å². The molecule has 154 valence electrons. The van der Waals surface area contributed by atoms with Crippen LogP contribution in [0, 0.1) is 5.92 Å². The molecule has 1 saturated heterocycles. The summed E-state index contributed by atoms with van der Waals surface area (Å²) in [5.74, 6) is -3.43. The summed E-state index contributed by atoms with van der Waals surface area (Å²) in [5.41, 5.74) is -1.79. The molecule has 0 N–H and O–H groups in total. The highest BCUT2D eigenvalue weighted by Crippen LogP contribution is 2.46. The van der Waals surface area contributed by atoms with E-state index in [1.807, 2.05) is 0 Å². The molecule has 10 nitrogen and oxygen atoms in total. The number of ether oxygens (including phenoxy) is 3. The highest BCUT2D eigenvalue weighted by Gasteiger charge is 2.68. The third kappa shape index (κ3) is 2.82. The molecule has 0 aromatic heterocycles. The third-order valence-corrected chi connectivity index (χ3v) is 5.00. The van der Waals surface area contributed by atoms with Crippen molar-refractivity contribution < 1.29 is 33.4 Å². The highest BCUT2D eigenvalue weighted by atomic mass is 16.5. The van der Waals surface area contributed by atoms with E-state index in [-0.39, 0.29) is 23.8 Å². The number of methoxy groups -OCH3 is 2. The van der Waals surface area contributed by atoms with Gasteiger partial charge in [-0.05, 0) is 26.0 Å². The Morgan fingerprint density at radius 2 is 1.90 bits per heavy atom. The van der Waals surface area contributed by atoms with Gasteiger partial charge < -0.3 is 14.2 Å². The Morgan fingerprint density at radius 1 is 1.21 bits per heavy atom. The van der Waals surface area contributed by atoms with Crippen LogP contribution in [0.15, 0.2) is 23.3 Å². The average Bonchev–Trinajstić information content (AvgIpc) is 3.11. The summed E-state index contributed by atoms with van der Waals surface area (Å²) in [6, 6.07) is 4.59. The molecule has 2 atom stereocenters. The fourth-order valence-corrected chi connectivity index (χ4v) is 3.64. The molecule has 1 fully saturated rings. The molecule has 2 unspecified atom stereocenters. The Morgan fingerprint density at radius 3 is 2.45 bits per heavy atom. The number of imide groups is 1. The fourth-order valence-electron chi connectivity index (χ4n) is 3.64. The zero-order chi connectivity index (χ0) is 21.5. The van der Waals surface area contributed by atoms with Gasteiger partial charge in [-0.2, -0.15) is 5.10 Å². The van der Waals surface area contributed by atoms with E-state index < -0.39 is 35.1 Å². The SMILES string of the molecule is CCOC(=O)C1=NN(C(C)=O)C2(C)C(=O)N(c3ccc(OC)cc3OC)C(=O)C12. The number of carbonyl (C=O) groups excluding carboxylic acids is 4. The fraction of sp³-hybridized carbons (Fsp3) is 0.421. The lowest BCUT2D eigenvalue weighted by Crippen LogP contribution is -2.52. The van der Waals surface area contributed by atoms with Gasteiger partial charge in [-0.3, -0.25) is 14.4 Å². The van der Waals surface area contributed by atoms with Crippen LogP contribution in [0.3, 0.4) is 0 Å². The van der Waals surface area contributed by atoms with E-state index in [9.17, 15) is 19.2 Å². The average molecular weight is 403 g/mol. The monoisotopic (exact) mass is 403 g/mol.